The highest BCUT2D eigenvalue weighted by Gasteiger charge is 2.01. The second-order valence-electron chi connectivity index (χ2n) is 4.54. The monoisotopic (exact) mass is 299 g/mol. The molecule has 1 unspecified atom stereocenters. The van der Waals surface area contributed by atoms with E-state index >= 15 is 0 Å². The van der Waals surface area contributed by atoms with Crippen LogP contribution in [-0.2, 0) is 9.53 Å². The first kappa shape index (κ1) is 19.2. The standard InChI is InChI=1S/C15H25NO5/c1-2-3-5-8-13(17)9-6-4-7-11-16-15(20)21-12-10-14(18)19/h4,6-7,9,13,17H,2-3,5,8,10-12H2,1H3,(H,16,20)(H,18,19). The fourth-order valence-electron chi connectivity index (χ4n) is 1.46. The molecule has 1 amide bonds. The Morgan fingerprint density at radius 2 is 2.05 bits per heavy atom. The van der Waals surface area contributed by atoms with Crippen LogP contribution in [0.5, 0.6) is 0 Å². The molecule has 0 heterocycles. The summed E-state index contributed by atoms with van der Waals surface area (Å²) in [6.07, 6.45) is 9.59. The number of allylic oxidation sites excluding steroid dienone is 2. The maximum Gasteiger partial charge on any atom is 0.407 e. The molecule has 0 aromatic heterocycles. The summed E-state index contributed by atoms with van der Waals surface area (Å²) in [7, 11) is 0. The van der Waals surface area contributed by atoms with Gasteiger partial charge in [0.25, 0.3) is 0 Å². The highest BCUT2D eigenvalue weighted by molar-refractivity contribution is 5.69. The smallest absolute Gasteiger partial charge is 0.407 e. The zero-order valence-electron chi connectivity index (χ0n) is 12.5. The van der Waals surface area contributed by atoms with Gasteiger partial charge in [0.05, 0.1) is 12.5 Å². The summed E-state index contributed by atoms with van der Waals surface area (Å²) in [5.74, 6) is -1.01. The summed E-state index contributed by atoms with van der Waals surface area (Å²) in [4.78, 5) is 21.3. The number of alkyl carbamates (subject to hydrolysis) is 1. The molecule has 3 N–H and O–H groups in total. The van der Waals surface area contributed by atoms with Crippen molar-refractivity contribution in [2.75, 3.05) is 13.2 Å². The number of nitrogens with one attached hydrogen (secondary N) is 1. The Balaban J connectivity index is 3.62. The molecule has 0 aliphatic rings. The van der Waals surface area contributed by atoms with Crippen LogP contribution in [0.15, 0.2) is 24.3 Å². The fourth-order valence-corrected chi connectivity index (χ4v) is 1.46. The molecule has 0 saturated heterocycles. The van der Waals surface area contributed by atoms with Gasteiger partial charge in [-0.25, -0.2) is 4.79 Å². The molecule has 1 atom stereocenters. The van der Waals surface area contributed by atoms with E-state index in [-0.39, 0.29) is 19.6 Å². The number of carboxylic acid groups (broad SMARTS) is 1. The van der Waals surface area contributed by atoms with Crippen LogP contribution in [0, 0.1) is 0 Å². The van der Waals surface area contributed by atoms with Crippen LogP contribution in [-0.4, -0.2) is 41.5 Å². The minimum absolute atomic E-state index is 0.144. The average molecular weight is 299 g/mol. The van der Waals surface area contributed by atoms with Crippen LogP contribution >= 0.6 is 0 Å². The summed E-state index contributed by atoms with van der Waals surface area (Å²) in [6.45, 7) is 2.25. The van der Waals surface area contributed by atoms with Gasteiger partial charge < -0.3 is 20.3 Å². The minimum Gasteiger partial charge on any atom is -0.481 e. The van der Waals surface area contributed by atoms with Crippen molar-refractivity contribution in [3.8, 4) is 0 Å². The Morgan fingerprint density at radius 1 is 1.29 bits per heavy atom. The first-order valence-electron chi connectivity index (χ1n) is 7.20. The molecule has 21 heavy (non-hydrogen) atoms. The lowest BCUT2D eigenvalue weighted by atomic mass is 10.1. The molecule has 6 heteroatoms. The third-order valence-corrected chi connectivity index (χ3v) is 2.60. The van der Waals surface area contributed by atoms with Crippen LogP contribution in [0.25, 0.3) is 0 Å². The van der Waals surface area contributed by atoms with Gasteiger partial charge in [0.2, 0.25) is 0 Å². The van der Waals surface area contributed by atoms with E-state index in [9.17, 15) is 14.7 Å². The van der Waals surface area contributed by atoms with Crippen molar-refractivity contribution in [2.45, 2.75) is 45.1 Å². The average Bonchev–Trinajstić information content (AvgIpc) is 2.42. The molecule has 120 valence electrons. The predicted molar refractivity (Wildman–Crippen MR) is 80.0 cm³/mol. The van der Waals surface area contributed by atoms with E-state index in [0.29, 0.717) is 0 Å². The van der Waals surface area contributed by atoms with Gasteiger partial charge in [-0.3, -0.25) is 4.79 Å². The quantitative estimate of drug-likeness (QED) is 0.401. The zero-order chi connectivity index (χ0) is 15.9. The second-order valence-corrected chi connectivity index (χ2v) is 4.54. The van der Waals surface area contributed by atoms with Gasteiger partial charge in [0, 0.05) is 6.54 Å². The Bertz CT molecular complexity index is 352. The molecule has 0 aromatic carbocycles. The molecule has 0 rings (SSSR count). The van der Waals surface area contributed by atoms with E-state index in [1.54, 1.807) is 24.3 Å². The summed E-state index contributed by atoms with van der Waals surface area (Å²) < 4.78 is 4.63. The number of carbonyl (C=O) groups excluding carboxylic acids is 1. The van der Waals surface area contributed by atoms with Gasteiger partial charge in [0.15, 0.2) is 0 Å². The van der Waals surface area contributed by atoms with Crippen LogP contribution in [0.2, 0.25) is 0 Å². The van der Waals surface area contributed by atoms with Crippen molar-refractivity contribution >= 4 is 12.1 Å². The highest BCUT2D eigenvalue weighted by atomic mass is 16.5. The maximum absolute atomic E-state index is 11.1. The molecule has 0 spiro atoms. The van der Waals surface area contributed by atoms with Crippen molar-refractivity contribution in [3.63, 3.8) is 0 Å². The summed E-state index contributed by atoms with van der Waals surface area (Å²) in [5, 5.41) is 20.4. The lowest BCUT2D eigenvalue weighted by Gasteiger charge is -2.03. The Kier molecular flexibility index (Phi) is 12.0. The predicted octanol–water partition coefficient (Wildman–Crippen LogP) is 2.24. The lowest BCUT2D eigenvalue weighted by Crippen LogP contribution is -2.25. The van der Waals surface area contributed by atoms with Gasteiger partial charge in [0.1, 0.15) is 6.61 Å². The molecule has 0 radical (unpaired) electrons. The Hall–Kier alpha value is -1.82. The number of rotatable bonds is 11. The molecule has 0 aliphatic carbocycles. The number of hydrogen-bond donors (Lipinski definition) is 3. The van der Waals surface area contributed by atoms with Crippen LogP contribution in [0.3, 0.4) is 0 Å². The molecular formula is C15H25NO5. The third-order valence-electron chi connectivity index (χ3n) is 2.60. The lowest BCUT2D eigenvalue weighted by molar-refractivity contribution is -0.137. The van der Waals surface area contributed by atoms with E-state index < -0.39 is 18.2 Å². The molecule has 0 aliphatic heterocycles. The molecule has 6 nitrogen and oxygen atoms in total. The van der Waals surface area contributed by atoms with Gasteiger partial charge in [-0.15, -0.1) is 0 Å². The van der Waals surface area contributed by atoms with E-state index in [1.165, 1.54) is 0 Å². The minimum atomic E-state index is -1.01. The fraction of sp³-hybridized carbons (Fsp3) is 0.600. The number of unbranched alkanes of at least 4 members (excludes halogenated alkanes) is 2. The van der Waals surface area contributed by atoms with Gasteiger partial charge in [-0.05, 0) is 6.42 Å². The number of hydrogen-bond acceptors (Lipinski definition) is 4. The number of ether oxygens (including phenoxy) is 1. The molecular weight excluding hydrogens is 274 g/mol. The van der Waals surface area contributed by atoms with Crippen molar-refractivity contribution in [1.82, 2.24) is 5.32 Å². The second kappa shape index (κ2) is 13.2. The summed E-state index contributed by atoms with van der Waals surface area (Å²) >= 11 is 0. The number of aliphatic hydroxyl groups is 1. The Morgan fingerprint density at radius 3 is 2.71 bits per heavy atom. The largest absolute Gasteiger partial charge is 0.481 e. The molecule has 0 fully saturated rings. The Labute approximate surface area is 125 Å². The van der Waals surface area contributed by atoms with Crippen molar-refractivity contribution in [2.24, 2.45) is 0 Å². The van der Waals surface area contributed by atoms with Gasteiger partial charge in [-0.2, -0.15) is 0 Å². The van der Waals surface area contributed by atoms with Gasteiger partial charge in [-0.1, -0.05) is 50.5 Å². The van der Waals surface area contributed by atoms with Crippen LogP contribution in [0.1, 0.15) is 39.0 Å². The van der Waals surface area contributed by atoms with Crippen LogP contribution < -0.4 is 5.32 Å². The first-order valence-corrected chi connectivity index (χ1v) is 7.20. The number of aliphatic carboxylic acids is 1. The van der Waals surface area contributed by atoms with Crippen molar-refractivity contribution < 1.29 is 24.5 Å². The number of carbonyl (C=O) groups is 2. The van der Waals surface area contributed by atoms with Crippen molar-refractivity contribution in [1.29, 1.82) is 0 Å². The normalized spacial score (nSPS) is 12.7. The molecule has 0 saturated carbocycles. The summed E-state index contributed by atoms with van der Waals surface area (Å²) in [5.41, 5.74) is 0. The third kappa shape index (κ3) is 14.4. The van der Waals surface area contributed by atoms with Gasteiger partial charge >= 0.3 is 12.1 Å². The van der Waals surface area contributed by atoms with E-state index in [2.05, 4.69) is 17.0 Å². The molecule has 0 bridgehead atoms. The van der Waals surface area contributed by atoms with E-state index in [4.69, 9.17) is 5.11 Å². The van der Waals surface area contributed by atoms with Crippen LogP contribution in [0.4, 0.5) is 4.79 Å². The van der Waals surface area contributed by atoms with E-state index in [0.717, 1.165) is 25.7 Å². The number of amides is 1. The number of carboxylic acids is 1. The van der Waals surface area contributed by atoms with E-state index in [1.807, 2.05) is 0 Å². The topological polar surface area (TPSA) is 95.9 Å². The van der Waals surface area contributed by atoms with Crippen molar-refractivity contribution in [3.05, 3.63) is 24.3 Å². The number of aliphatic hydroxyl groups excluding tert-OH is 1. The zero-order valence-corrected chi connectivity index (χ0v) is 12.5. The first-order chi connectivity index (χ1) is 10.1. The SMILES string of the molecule is CCCCCC(O)C=CC=CCNC(=O)OCCC(=O)O. The molecule has 0 aromatic rings. The maximum atomic E-state index is 11.1. The summed E-state index contributed by atoms with van der Waals surface area (Å²) in [6, 6.07) is 0. The highest BCUT2D eigenvalue weighted by Crippen LogP contribution is 2.04.